The van der Waals surface area contributed by atoms with Crippen LogP contribution in [0.1, 0.15) is 24.4 Å². The minimum absolute atomic E-state index is 0.147. The Kier molecular flexibility index (Phi) is 3.46. The molecule has 1 aliphatic heterocycles. The number of aliphatic carboxylic acids is 1. The summed E-state index contributed by atoms with van der Waals surface area (Å²) >= 11 is 5.82. The maximum atomic E-state index is 10.7. The van der Waals surface area contributed by atoms with Crippen LogP contribution in [-0.4, -0.2) is 17.6 Å². The summed E-state index contributed by atoms with van der Waals surface area (Å²) in [5.74, 6) is -0.550. The minimum atomic E-state index is -0.729. The Morgan fingerprint density at radius 1 is 1.44 bits per heavy atom. The van der Waals surface area contributed by atoms with Crippen LogP contribution in [0.3, 0.4) is 0 Å². The third kappa shape index (κ3) is 2.54. The number of hydrogen-bond acceptors (Lipinski definition) is 2. The van der Waals surface area contributed by atoms with E-state index in [1.165, 1.54) is 0 Å². The van der Waals surface area contributed by atoms with Crippen molar-refractivity contribution in [3.63, 3.8) is 0 Å². The van der Waals surface area contributed by atoms with Crippen LogP contribution in [-0.2, 0) is 4.79 Å². The first kappa shape index (κ1) is 11.4. The second kappa shape index (κ2) is 4.85. The zero-order valence-electron chi connectivity index (χ0n) is 8.82. The number of rotatable bonds is 3. The molecule has 0 amide bonds. The van der Waals surface area contributed by atoms with E-state index in [-0.39, 0.29) is 18.4 Å². The second-order valence-corrected chi connectivity index (χ2v) is 4.57. The molecule has 3 nitrogen and oxygen atoms in total. The van der Waals surface area contributed by atoms with Gasteiger partial charge in [0.15, 0.2) is 0 Å². The van der Waals surface area contributed by atoms with Crippen molar-refractivity contribution in [1.82, 2.24) is 5.32 Å². The quantitative estimate of drug-likeness (QED) is 0.852. The minimum Gasteiger partial charge on any atom is -0.481 e. The SMILES string of the molecule is O=C(O)C[C@H]1CCN[C@@H]1c1ccc(Cl)cc1. The summed E-state index contributed by atoms with van der Waals surface area (Å²) in [6.45, 7) is 0.880. The predicted octanol–water partition coefficient (Wildman–Crippen LogP) is 2.47. The van der Waals surface area contributed by atoms with Crippen LogP contribution in [0.25, 0.3) is 0 Å². The van der Waals surface area contributed by atoms with Gasteiger partial charge in [0.2, 0.25) is 0 Å². The van der Waals surface area contributed by atoms with Gasteiger partial charge in [0.1, 0.15) is 0 Å². The number of hydrogen-bond donors (Lipinski definition) is 2. The average Bonchev–Trinajstić information content (AvgIpc) is 2.66. The van der Waals surface area contributed by atoms with Crippen molar-refractivity contribution in [3.05, 3.63) is 34.9 Å². The van der Waals surface area contributed by atoms with E-state index in [0.717, 1.165) is 18.5 Å². The van der Waals surface area contributed by atoms with Crippen LogP contribution in [0.15, 0.2) is 24.3 Å². The summed E-state index contributed by atoms with van der Waals surface area (Å²) in [5, 5.41) is 12.9. The van der Waals surface area contributed by atoms with Crippen molar-refractivity contribution in [2.24, 2.45) is 5.92 Å². The van der Waals surface area contributed by atoms with Crippen LogP contribution in [0, 0.1) is 5.92 Å². The highest BCUT2D eigenvalue weighted by atomic mass is 35.5. The van der Waals surface area contributed by atoms with Gasteiger partial charge < -0.3 is 10.4 Å². The van der Waals surface area contributed by atoms with Gasteiger partial charge in [0, 0.05) is 11.1 Å². The standard InChI is InChI=1S/C12H14ClNO2/c13-10-3-1-8(2-4-10)12-9(5-6-14-12)7-11(15)16/h1-4,9,12,14H,5-7H2,(H,15,16)/t9-,12-/m1/s1. The number of carboxylic acid groups (broad SMARTS) is 1. The fourth-order valence-corrected chi connectivity index (χ4v) is 2.39. The molecule has 0 aromatic heterocycles. The predicted molar refractivity (Wildman–Crippen MR) is 62.6 cm³/mol. The van der Waals surface area contributed by atoms with E-state index in [9.17, 15) is 4.79 Å². The van der Waals surface area contributed by atoms with Crippen LogP contribution < -0.4 is 5.32 Å². The van der Waals surface area contributed by atoms with Crippen molar-refractivity contribution in [3.8, 4) is 0 Å². The molecule has 1 saturated heterocycles. The van der Waals surface area contributed by atoms with Gasteiger partial charge in [-0.1, -0.05) is 23.7 Å². The fraction of sp³-hybridized carbons (Fsp3) is 0.417. The largest absolute Gasteiger partial charge is 0.481 e. The van der Waals surface area contributed by atoms with Gasteiger partial charge in [-0.15, -0.1) is 0 Å². The zero-order chi connectivity index (χ0) is 11.5. The molecule has 0 bridgehead atoms. The summed E-state index contributed by atoms with van der Waals surface area (Å²) in [6, 6.07) is 7.75. The monoisotopic (exact) mass is 239 g/mol. The lowest BCUT2D eigenvalue weighted by molar-refractivity contribution is -0.138. The Balaban J connectivity index is 2.13. The molecule has 1 heterocycles. The lowest BCUT2D eigenvalue weighted by Gasteiger charge is -2.18. The smallest absolute Gasteiger partial charge is 0.303 e. The van der Waals surface area contributed by atoms with Gasteiger partial charge in [-0.3, -0.25) is 4.79 Å². The van der Waals surface area contributed by atoms with E-state index >= 15 is 0 Å². The molecule has 0 radical (unpaired) electrons. The maximum Gasteiger partial charge on any atom is 0.303 e. The third-order valence-corrected chi connectivity index (χ3v) is 3.27. The lowest BCUT2D eigenvalue weighted by Crippen LogP contribution is -2.19. The fourth-order valence-electron chi connectivity index (χ4n) is 2.26. The van der Waals surface area contributed by atoms with Crippen molar-refractivity contribution >= 4 is 17.6 Å². The van der Waals surface area contributed by atoms with E-state index < -0.39 is 5.97 Å². The number of benzene rings is 1. The van der Waals surface area contributed by atoms with Crippen LogP contribution in [0.4, 0.5) is 0 Å². The topological polar surface area (TPSA) is 49.3 Å². The Labute approximate surface area is 99.4 Å². The van der Waals surface area contributed by atoms with E-state index in [1.807, 2.05) is 24.3 Å². The molecular formula is C12H14ClNO2. The van der Waals surface area contributed by atoms with Crippen molar-refractivity contribution in [2.75, 3.05) is 6.54 Å². The molecule has 1 aromatic rings. The van der Waals surface area contributed by atoms with Gasteiger partial charge in [-0.2, -0.15) is 0 Å². The molecule has 2 atom stereocenters. The Morgan fingerprint density at radius 2 is 2.12 bits per heavy atom. The average molecular weight is 240 g/mol. The highest BCUT2D eigenvalue weighted by molar-refractivity contribution is 6.30. The summed E-state index contributed by atoms with van der Waals surface area (Å²) in [7, 11) is 0. The summed E-state index contributed by atoms with van der Waals surface area (Å²) in [6.07, 6.45) is 1.14. The molecule has 4 heteroatoms. The molecule has 1 fully saturated rings. The van der Waals surface area contributed by atoms with Crippen LogP contribution in [0.5, 0.6) is 0 Å². The van der Waals surface area contributed by atoms with Gasteiger partial charge in [-0.25, -0.2) is 0 Å². The number of carbonyl (C=O) groups is 1. The van der Waals surface area contributed by atoms with Crippen molar-refractivity contribution in [2.45, 2.75) is 18.9 Å². The highest BCUT2D eigenvalue weighted by Crippen LogP contribution is 2.32. The van der Waals surface area contributed by atoms with Gasteiger partial charge in [-0.05, 0) is 36.6 Å². The first-order valence-corrected chi connectivity index (χ1v) is 5.75. The molecule has 1 aliphatic rings. The molecule has 86 valence electrons. The second-order valence-electron chi connectivity index (χ2n) is 4.13. The van der Waals surface area contributed by atoms with Gasteiger partial charge in [0.05, 0.1) is 6.42 Å². The molecule has 0 aliphatic carbocycles. The summed E-state index contributed by atoms with van der Waals surface area (Å²) < 4.78 is 0. The molecule has 0 saturated carbocycles. The van der Waals surface area contributed by atoms with Gasteiger partial charge in [0.25, 0.3) is 0 Å². The first-order chi connectivity index (χ1) is 7.66. The molecular weight excluding hydrogens is 226 g/mol. The summed E-state index contributed by atoms with van der Waals surface area (Å²) in [4.78, 5) is 10.7. The third-order valence-electron chi connectivity index (χ3n) is 3.02. The van der Waals surface area contributed by atoms with Crippen molar-refractivity contribution < 1.29 is 9.90 Å². The van der Waals surface area contributed by atoms with E-state index in [0.29, 0.717) is 5.02 Å². The number of nitrogens with one attached hydrogen (secondary N) is 1. The molecule has 0 spiro atoms. The Bertz CT molecular complexity index is 377. The Morgan fingerprint density at radius 3 is 2.75 bits per heavy atom. The van der Waals surface area contributed by atoms with E-state index in [1.54, 1.807) is 0 Å². The van der Waals surface area contributed by atoms with E-state index in [4.69, 9.17) is 16.7 Å². The first-order valence-electron chi connectivity index (χ1n) is 5.37. The molecule has 2 rings (SSSR count). The van der Waals surface area contributed by atoms with Crippen LogP contribution in [0.2, 0.25) is 5.02 Å². The summed E-state index contributed by atoms with van der Waals surface area (Å²) in [5.41, 5.74) is 1.12. The number of carboxylic acids is 1. The molecule has 0 unspecified atom stereocenters. The maximum absolute atomic E-state index is 10.7. The molecule has 16 heavy (non-hydrogen) atoms. The highest BCUT2D eigenvalue weighted by Gasteiger charge is 2.29. The van der Waals surface area contributed by atoms with Gasteiger partial charge >= 0.3 is 5.97 Å². The van der Waals surface area contributed by atoms with E-state index in [2.05, 4.69) is 5.32 Å². The van der Waals surface area contributed by atoms with Crippen molar-refractivity contribution in [1.29, 1.82) is 0 Å². The number of halogens is 1. The lowest BCUT2D eigenvalue weighted by atomic mass is 9.91. The zero-order valence-corrected chi connectivity index (χ0v) is 9.57. The Hall–Kier alpha value is -1.06. The normalized spacial score (nSPS) is 24.6. The van der Waals surface area contributed by atoms with Crippen LogP contribution >= 0.6 is 11.6 Å². The molecule has 1 aromatic carbocycles. The molecule has 2 N–H and O–H groups in total.